The molecule has 1 fully saturated rings. The van der Waals surface area contributed by atoms with Crippen molar-refractivity contribution >= 4 is 11.6 Å². The fraction of sp³-hybridized carbons (Fsp3) is 0.625. The first-order valence-electron chi connectivity index (χ1n) is 7.36. The summed E-state index contributed by atoms with van der Waals surface area (Å²) in [4.78, 5) is 2.42. The van der Waals surface area contributed by atoms with E-state index in [1.165, 1.54) is 37.7 Å². The Morgan fingerprint density at radius 1 is 1.21 bits per heavy atom. The third-order valence-electron chi connectivity index (χ3n) is 4.28. The van der Waals surface area contributed by atoms with Crippen molar-refractivity contribution in [1.29, 1.82) is 0 Å². The number of hydrogen-bond acceptors (Lipinski definition) is 2. The average Bonchev–Trinajstić information content (AvgIpc) is 2.43. The fourth-order valence-electron chi connectivity index (χ4n) is 3.16. The summed E-state index contributed by atoms with van der Waals surface area (Å²) >= 11 is 5.95. The number of hydrogen-bond donors (Lipinski definition) is 1. The zero-order valence-electron chi connectivity index (χ0n) is 11.8. The summed E-state index contributed by atoms with van der Waals surface area (Å²) in [5, 5.41) is 0.787. The molecule has 2 nitrogen and oxygen atoms in total. The average molecular weight is 281 g/mol. The summed E-state index contributed by atoms with van der Waals surface area (Å²) in [6, 6.07) is 8.40. The molecular weight excluding hydrogens is 256 g/mol. The maximum atomic E-state index is 5.97. The Bertz CT molecular complexity index is 371. The first kappa shape index (κ1) is 14.8. The van der Waals surface area contributed by atoms with Gasteiger partial charge in [0.15, 0.2) is 0 Å². The van der Waals surface area contributed by atoms with Gasteiger partial charge in [-0.3, -0.25) is 4.90 Å². The van der Waals surface area contributed by atoms with Crippen LogP contribution in [0.25, 0.3) is 0 Å². The number of nitrogens with two attached hydrogens (primary N) is 1. The van der Waals surface area contributed by atoms with Crippen LogP contribution >= 0.6 is 11.6 Å². The third-order valence-corrected chi connectivity index (χ3v) is 4.53. The number of rotatable bonds is 5. The third kappa shape index (κ3) is 4.20. The standard InChI is InChI=1S/C16H25ClN2/c1-19(12-13-5-3-2-4-6-13)16(11-18)14-7-9-15(17)10-8-14/h7-10,13,16H,2-6,11-12,18H2,1H3. The van der Waals surface area contributed by atoms with Crippen molar-refractivity contribution in [2.45, 2.75) is 38.1 Å². The minimum absolute atomic E-state index is 0.305. The Morgan fingerprint density at radius 2 is 1.84 bits per heavy atom. The van der Waals surface area contributed by atoms with Gasteiger partial charge in [-0.05, 0) is 43.5 Å². The van der Waals surface area contributed by atoms with Gasteiger partial charge in [0.2, 0.25) is 0 Å². The minimum atomic E-state index is 0.305. The molecule has 1 aromatic rings. The summed E-state index contributed by atoms with van der Waals surface area (Å²) in [7, 11) is 2.20. The van der Waals surface area contributed by atoms with Gasteiger partial charge in [0.1, 0.15) is 0 Å². The Balaban J connectivity index is 1.97. The molecule has 2 N–H and O–H groups in total. The van der Waals surface area contributed by atoms with Crippen molar-refractivity contribution in [1.82, 2.24) is 4.90 Å². The van der Waals surface area contributed by atoms with E-state index in [1.807, 2.05) is 12.1 Å². The predicted molar refractivity (Wildman–Crippen MR) is 82.5 cm³/mol. The van der Waals surface area contributed by atoms with Gasteiger partial charge in [-0.25, -0.2) is 0 Å². The summed E-state index contributed by atoms with van der Waals surface area (Å²) in [5.74, 6) is 0.847. The lowest BCUT2D eigenvalue weighted by molar-refractivity contribution is 0.186. The highest BCUT2D eigenvalue weighted by Gasteiger charge is 2.20. The van der Waals surface area contributed by atoms with E-state index in [9.17, 15) is 0 Å². The molecule has 106 valence electrons. The Hall–Kier alpha value is -0.570. The van der Waals surface area contributed by atoms with Gasteiger partial charge in [0.05, 0.1) is 0 Å². The van der Waals surface area contributed by atoms with E-state index in [2.05, 4.69) is 24.1 Å². The van der Waals surface area contributed by atoms with Gasteiger partial charge in [-0.15, -0.1) is 0 Å². The second-order valence-electron chi connectivity index (χ2n) is 5.75. The predicted octanol–water partition coefficient (Wildman–Crippen LogP) is 3.85. The van der Waals surface area contributed by atoms with Crippen molar-refractivity contribution in [3.8, 4) is 0 Å². The van der Waals surface area contributed by atoms with E-state index < -0.39 is 0 Å². The van der Waals surface area contributed by atoms with Crippen LogP contribution in [0.3, 0.4) is 0 Å². The molecule has 0 radical (unpaired) electrons. The van der Waals surface area contributed by atoms with Gasteiger partial charge in [0.25, 0.3) is 0 Å². The number of nitrogens with zero attached hydrogens (tertiary/aromatic N) is 1. The van der Waals surface area contributed by atoms with E-state index in [-0.39, 0.29) is 0 Å². The van der Waals surface area contributed by atoms with Gasteiger partial charge >= 0.3 is 0 Å². The summed E-state index contributed by atoms with van der Waals surface area (Å²) < 4.78 is 0. The van der Waals surface area contributed by atoms with Crippen molar-refractivity contribution in [3.63, 3.8) is 0 Å². The second kappa shape index (κ2) is 7.28. The Kier molecular flexibility index (Phi) is 5.68. The summed E-state index contributed by atoms with van der Waals surface area (Å²) in [5.41, 5.74) is 7.24. The molecule has 1 saturated carbocycles. The molecule has 1 aliphatic carbocycles. The van der Waals surface area contributed by atoms with E-state index in [0.29, 0.717) is 12.6 Å². The number of halogens is 1. The van der Waals surface area contributed by atoms with Crippen LogP contribution in [0.1, 0.15) is 43.7 Å². The lowest BCUT2D eigenvalue weighted by atomic mass is 9.88. The van der Waals surface area contributed by atoms with E-state index in [4.69, 9.17) is 17.3 Å². The van der Waals surface area contributed by atoms with Crippen molar-refractivity contribution in [2.24, 2.45) is 11.7 Å². The minimum Gasteiger partial charge on any atom is -0.329 e. The molecule has 0 amide bonds. The highest BCUT2D eigenvalue weighted by Crippen LogP contribution is 2.27. The molecule has 0 heterocycles. The smallest absolute Gasteiger partial charge is 0.0467 e. The highest BCUT2D eigenvalue weighted by atomic mass is 35.5. The largest absolute Gasteiger partial charge is 0.329 e. The molecule has 1 atom stereocenters. The number of likely N-dealkylation sites (N-methyl/N-ethyl adjacent to an activating group) is 1. The summed E-state index contributed by atoms with van der Waals surface area (Å²) in [6.07, 6.45) is 6.96. The van der Waals surface area contributed by atoms with Gasteiger partial charge < -0.3 is 5.73 Å². The molecule has 19 heavy (non-hydrogen) atoms. The van der Waals surface area contributed by atoms with Crippen LogP contribution < -0.4 is 5.73 Å². The Labute approximate surface area is 121 Å². The lowest BCUT2D eigenvalue weighted by Crippen LogP contribution is -2.34. The van der Waals surface area contributed by atoms with Crippen LogP contribution in [0.2, 0.25) is 5.02 Å². The van der Waals surface area contributed by atoms with Crippen LogP contribution in [-0.4, -0.2) is 25.0 Å². The maximum Gasteiger partial charge on any atom is 0.0467 e. The van der Waals surface area contributed by atoms with Crippen molar-refractivity contribution < 1.29 is 0 Å². The molecule has 3 heteroatoms. The zero-order valence-corrected chi connectivity index (χ0v) is 12.6. The number of benzene rings is 1. The van der Waals surface area contributed by atoms with Crippen LogP contribution in [0.4, 0.5) is 0 Å². The quantitative estimate of drug-likeness (QED) is 0.888. The highest BCUT2D eigenvalue weighted by molar-refractivity contribution is 6.30. The van der Waals surface area contributed by atoms with E-state index in [1.54, 1.807) is 0 Å². The molecule has 1 unspecified atom stereocenters. The molecule has 0 bridgehead atoms. The fourth-order valence-corrected chi connectivity index (χ4v) is 3.29. The van der Waals surface area contributed by atoms with Gasteiger partial charge in [-0.1, -0.05) is 43.0 Å². The molecule has 2 rings (SSSR count). The normalized spacial score (nSPS) is 18.7. The molecule has 0 saturated heterocycles. The van der Waals surface area contributed by atoms with E-state index >= 15 is 0 Å². The van der Waals surface area contributed by atoms with Gasteiger partial charge in [0, 0.05) is 24.2 Å². The molecule has 1 aliphatic rings. The monoisotopic (exact) mass is 280 g/mol. The first-order valence-corrected chi connectivity index (χ1v) is 7.74. The van der Waals surface area contributed by atoms with Crippen LogP contribution in [0, 0.1) is 5.92 Å². The zero-order chi connectivity index (χ0) is 13.7. The van der Waals surface area contributed by atoms with Crippen LogP contribution in [-0.2, 0) is 0 Å². The molecule has 0 spiro atoms. The van der Waals surface area contributed by atoms with Crippen molar-refractivity contribution in [2.75, 3.05) is 20.1 Å². The Morgan fingerprint density at radius 3 is 2.42 bits per heavy atom. The lowest BCUT2D eigenvalue weighted by Gasteiger charge is -2.32. The molecule has 0 aromatic heterocycles. The maximum absolute atomic E-state index is 5.97. The van der Waals surface area contributed by atoms with Crippen LogP contribution in [0.5, 0.6) is 0 Å². The van der Waals surface area contributed by atoms with Crippen molar-refractivity contribution in [3.05, 3.63) is 34.9 Å². The van der Waals surface area contributed by atoms with Crippen LogP contribution in [0.15, 0.2) is 24.3 Å². The second-order valence-corrected chi connectivity index (χ2v) is 6.18. The summed E-state index contributed by atoms with van der Waals surface area (Å²) in [6.45, 7) is 1.81. The van der Waals surface area contributed by atoms with E-state index in [0.717, 1.165) is 17.5 Å². The molecule has 0 aliphatic heterocycles. The molecule has 1 aromatic carbocycles. The SMILES string of the molecule is CN(CC1CCCCC1)C(CN)c1ccc(Cl)cc1. The topological polar surface area (TPSA) is 29.3 Å². The van der Waals surface area contributed by atoms with Gasteiger partial charge in [-0.2, -0.15) is 0 Å². The first-order chi connectivity index (χ1) is 9.20. The molecular formula is C16H25ClN2.